The highest BCUT2D eigenvalue weighted by molar-refractivity contribution is 7.09. The van der Waals surface area contributed by atoms with Crippen LogP contribution in [0.2, 0.25) is 0 Å². The summed E-state index contributed by atoms with van der Waals surface area (Å²) in [5.74, 6) is 0.463. The molecule has 0 aliphatic rings. The Morgan fingerprint density at radius 2 is 1.94 bits per heavy atom. The molecule has 0 saturated carbocycles. The second-order valence-corrected chi connectivity index (χ2v) is 5.86. The van der Waals surface area contributed by atoms with Gasteiger partial charge >= 0.3 is 0 Å². The molecule has 0 spiro atoms. The summed E-state index contributed by atoms with van der Waals surface area (Å²) in [6, 6.07) is 0.157. The molecule has 0 aliphatic heterocycles. The molecule has 0 bridgehead atoms. The van der Waals surface area contributed by atoms with Crippen LogP contribution in [0.1, 0.15) is 74.8 Å². The summed E-state index contributed by atoms with van der Waals surface area (Å²) in [4.78, 5) is 16.3. The second-order valence-electron chi connectivity index (χ2n) is 4.97. The lowest BCUT2D eigenvalue weighted by Gasteiger charge is -2.11. The van der Waals surface area contributed by atoms with Crippen molar-refractivity contribution >= 4 is 17.2 Å². The Labute approximate surface area is 114 Å². The summed E-state index contributed by atoms with van der Waals surface area (Å²) >= 11 is 1.62. The van der Waals surface area contributed by atoms with Crippen molar-refractivity contribution < 1.29 is 4.79 Å². The molecular formula is C14H24N2OS. The molecule has 1 amide bonds. The average Bonchev–Trinajstić information content (AvgIpc) is 2.77. The molecule has 1 N–H and O–H groups in total. The van der Waals surface area contributed by atoms with E-state index in [9.17, 15) is 4.79 Å². The van der Waals surface area contributed by atoms with E-state index < -0.39 is 0 Å². The van der Waals surface area contributed by atoms with Crippen LogP contribution in [0.5, 0.6) is 0 Å². The maximum atomic E-state index is 11.8. The summed E-state index contributed by atoms with van der Waals surface area (Å²) < 4.78 is 0. The Hall–Kier alpha value is -0.900. The molecule has 4 heteroatoms. The number of aromatic nitrogens is 1. The van der Waals surface area contributed by atoms with Crippen molar-refractivity contribution in [1.29, 1.82) is 0 Å². The minimum Gasteiger partial charge on any atom is -0.349 e. The molecule has 0 saturated heterocycles. The number of rotatable bonds is 7. The first-order chi connectivity index (χ1) is 8.58. The van der Waals surface area contributed by atoms with Crippen molar-refractivity contribution in [3.63, 3.8) is 0 Å². The van der Waals surface area contributed by atoms with Gasteiger partial charge in [0, 0.05) is 17.3 Å². The lowest BCUT2D eigenvalue weighted by molar-refractivity contribution is 0.0938. The number of thiazole rings is 1. The van der Waals surface area contributed by atoms with E-state index in [-0.39, 0.29) is 11.9 Å². The number of hydrogen-bond donors (Lipinski definition) is 1. The normalized spacial score (nSPS) is 11.2. The van der Waals surface area contributed by atoms with E-state index in [2.05, 4.69) is 24.1 Å². The van der Waals surface area contributed by atoms with E-state index >= 15 is 0 Å². The van der Waals surface area contributed by atoms with E-state index in [1.807, 2.05) is 19.2 Å². The first kappa shape index (κ1) is 15.2. The smallest absolute Gasteiger partial charge is 0.270 e. The van der Waals surface area contributed by atoms with Gasteiger partial charge in [0.25, 0.3) is 5.91 Å². The number of amides is 1. The highest BCUT2D eigenvalue weighted by atomic mass is 32.1. The Morgan fingerprint density at radius 3 is 2.44 bits per heavy atom. The summed E-state index contributed by atoms with van der Waals surface area (Å²) in [5.41, 5.74) is 0.570. The summed E-state index contributed by atoms with van der Waals surface area (Å²) in [7, 11) is 0. The van der Waals surface area contributed by atoms with Crippen LogP contribution in [0.25, 0.3) is 0 Å². The third kappa shape index (κ3) is 4.41. The van der Waals surface area contributed by atoms with Crippen LogP contribution in [0.3, 0.4) is 0 Å². The van der Waals surface area contributed by atoms with Gasteiger partial charge in [0.1, 0.15) is 5.69 Å². The van der Waals surface area contributed by atoms with Crippen molar-refractivity contribution in [3.05, 3.63) is 16.1 Å². The van der Waals surface area contributed by atoms with Crippen LogP contribution in [0.15, 0.2) is 5.38 Å². The topological polar surface area (TPSA) is 42.0 Å². The van der Waals surface area contributed by atoms with Gasteiger partial charge in [-0.2, -0.15) is 0 Å². The number of nitrogens with zero attached hydrogens (tertiary/aromatic N) is 1. The van der Waals surface area contributed by atoms with Crippen molar-refractivity contribution in [3.8, 4) is 0 Å². The number of carbonyl (C=O) groups is 1. The fourth-order valence-electron chi connectivity index (χ4n) is 2.00. The maximum Gasteiger partial charge on any atom is 0.270 e. The molecular weight excluding hydrogens is 244 g/mol. The minimum absolute atomic E-state index is 0.0563. The monoisotopic (exact) mass is 268 g/mol. The molecule has 0 atom stereocenters. The first-order valence-electron chi connectivity index (χ1n) is 6.84. The van der Waals surface area contributed by atoms with Crippen LogP contribution in [-0.2, 0) is 0 Å². The molecule has 18 heavy (non-hydrogen) atoms. The number of nitrogens with one attached hydrogen (secondary N) is 1. The third-order valence-electron chi connectivity index (χ3n) is 2.80. The summed E-state index contributed by atoms with van der Waals surface area (Å²) in [5, 5.41) is 5.88. The van der Waals surface area contributed by atoms with Gasteiger partial charge in [0.15, 0.2) is 0 Å². The lowest BCUT2D eigenvalue weighted by Crippen LogP contribution is -2.30. The summed E-state index contributed by atoms with van der Waals surface area (Å²) in [6.45, 7) is 8.32. The van der Waals surface area contributed by atoms with Gasteiger partial charge in [-0.25, -0.2) is 4.98 Å². The van der Waals surface area contributed by atoms with Gasteiger partial charge in [0.2, 0.25) is 0 Å². The van der Waals surface area contributed by atoms with Gasteiger partial charge in [-0.1, -0.05) is 26.7 Å². The van der Waals surface area contributed by atoms with Crippen LogP contribution < -0.4 is 5.32 Å². The molecule has 3 nitrogen and oxygen atoms in total. The Balaban J connectivity index is 2.73. The van der Waals surface area contributed by atoms with Crippen molar-refractivity contribution in [1.82, 2.24) is 10.3 Å². The maximum absolute atomic E-state index is 11.8. The zero-order valence-electron chi connectivity index (χ0n) is 11.8. The van der Waals surface area contributed by atoms with E-state index in [1.165, 1.54) is 0 Å². The highest BCUT2D eigenvalue weighted by Gasteiger charge is 2.17. The van der Waals surface area contributed by atoms with Crippen molar-refractivity contribution in [2.75, 3.05) is 0 Å². The average molecular weight is 268 g/mol. The van der Waals surface area contributed by atoms with Gasteiger partial charge in [-0.15, -0.1) is 11.3 Å². The van der Waals surface area contributed by atoms with Crippen LogP contribution in [0, 0.1) is 0 Å². The van der Waals surface area contributed by atoms with E-state index in [0.717, 1.165) is 30.7 Å². The van der Waals surface area contributed by atoms with E-state index in [1.54, 1.807) is 11.3 Å². The Morgan fingerprint density at radius 1 is 1.33 bits per heavy atom. The fourth-order valence-corrected chi connectivity index (χ4v) is 2.98. The SMILES string of the molecule is CCCC(CCC)c1nc(C(=O)NC(C)C)cs1. The quantitative estimate of drug-likeness (QED) is 0.813. The highest BCUT2D eigenvalue weighted by Crippen LogP contribution is 2.28. The molecule has 0 aliphatic carbocycles. The molecule has 0 aromatic carbocycles. The van der Waals surface area contributed by atoms with E-state index in [4.69, 9.17) is 0 Å². The molecule has 0 unspecified atom stereocenters. The van der Waals surface area contributed by atoms with Gasteiger partial charge in [-0.05, 0) is 26.7 Å². The van der Waals surface area contributed by atoms with Crippen molar-refractivity contribution in [2.24, 2.45) is 0 Å². The van der Waals surface area contributed by atoms with Gasteiger partial charge in [0.05, 0.1) is 5.01 Å². The van der Waals surface area contributed by atoms with Crippen LogP contribution in [0.4, 0.5) is 0 Å². The zero-order chi connectivity index (χ0) is 13.5. The minimum atomic E-state index is -0.0563. The number of carbonyl (C=O) groups excluding carboxylic acids is 1. The van der Waals surface area contributed by atoms with Gasteiger partial charge in [-0.3, -0.25) is 4.79 Å². The summed E-state index contributed by atoms with van der Waals surface area (Å²) in [6.07, 6.45) is 4.65. The Bertz CT molecular complexity index is 368. The standard InChI is InChI=1S/C14H24N2OS/c1-5-7-11(8-6-2)14-16-12(9-18-14)13(17)15-10(3)4/h9-11H,5-8H2,1-4H3,(H,15,17). The molecule has 1 aromatic heterocycles. The molecule has 1 heterocycles. The van der Waals surface area contributed by atoms with Crippen LogP contribution >= 0.6 is 11.3 Å². The van der Waals surface area contributed by atoms with Gasteiger partial charge < -0.3 is 5.32 Å². The van der Waals surface area contributed by atoms with E-state index in [0.29, 0.717) is 11.6 Å². The third-order valence-corrected chi connectivity index (χ3v) is 3.81. The Kier molecular flexibility index (Phi) is 6.33. The molecule has 102 valence electrons. The molecule has 0 radical (unpaired) electrons. The predicted molar refractivity (Wildman–Crippen MR) is 77.3 cm³/mol. The molecule has 0 fully saturated rings. The fraction of sp³-hybridized carbons (Fsp3) is 0.714. The predicted octanol–water partition coefficient (Wildman–Crippen LogP) is 3.97. The van der Waals surface area contributed by atoms with Crippen LogP contribution in [-0.4, -0.2) is 16.9 Å². The zero-order valence-corrected chi connectivity index (χ0v) is 12.6. The second kappa shape index (κ2) is 7.52. The number of hydrogen-bond acceptors (Lipinski definition) is 3. The largest absolute Gasteiger partial charge is 0.349 e. The molecule has 1 rings (SSSR count). The molecule has 1 aromatic rings. The van der Waals surface area contributed by atoms with Crippen molar-refractivity contribution in [2.45, 2.75) is 65.3 Å². The lowest BCUT2D eigenvalue weighted by atomic mass is 9.99. The first-order valence-corrected chi connectivity index (χ1v) is 7.72.